The van der Waals surface area contributed by atoms with Crippen molar-refractivity contribution in [3.63, 3.8) is 0 Å². The van der Waals surface area contributed by atoms with Crippen LogP contribution in [0.1, 0.15) is 36.1 Å². The first-order valence-corrected chi connectivity index (χ1v) is 20.8. The Morgan fingerprint density at radius 1 is 0.417 bits per heavy atom. The molecule has 0 N–H and O–H groups in total. The predicted octanol–water partition coefficient (Wildman–Crippen LogP) is 14.6. The van der Waals surface area contributed by atoms with Crippen LogP contribution in [0.25, 0.3) is 66.7 Å². The molecule has 0 saturated heterocycles. The molecule has 9 aromatic rings. The molecule has 2 unspecified atom stereocenters. The van der Waals surface area contributed by atoms with E-state index in [0.29, 0.717) is 0 Å². The number of amidine groups is 1. The zero-order valence-electron chi connectivity index (χ0n) is 33.5. The van der Waals surface area contributed by atoms with Gasteiger partial charge in [0.25, 0.3) is 0 Å². The highest BCUT2D eigenvalue weighted by Gasteiger charge is 2.31. The number of hydrogen-bond acceptors (Lipinski definition) is 3. The van der Waals surface area contributed by atoms with Crippen LogP contribution in [-0.4, -0.2) is 16.5 Å². The maximum atomic E-state index is 5.36. The second-order valence-electron chi connectivity index (χ2n) is 15.4. The lowest BCUT2D eigenvalue weighted by Gasteiger charge is -2.30. The summed E-state index contributed by atoms with van der Waals surface area (Å²) in [6.07, 6.45) is 0.928. The summed E-state index contributed by atoms with van der Waals surface area (Å²) in [4.78, 5) is 15.7. The molecule has 2 atom stereocenters. The van der Waals surface area contributed by atoms with Crippen LogP contribution in [0.4, 0.5) is 0 Å². The van der Waals surface area contributed by atoms with E-state index in [0.717, 1.165) is 62.7 Å². The summed E-state index contributed by atoms with van der Waals surface area (Å²) in [5.41, 5.74) is 15.6. The highest BCUT2D eigenvalue weighted by atomic mass is 15.0. The molecule has 0 radical (unpaired) electrons. The number of benzene rings is 8. The first kappa shape index (κ1) is 36.8. The molecule has 0 fully saturated rings. The molecule has 1 aromatic heterocycles. The van der Waals surface area contributed by atoms with Gasteiger partial charge >= 0.3 is 0 Å². The molecule has 8 aromatic carbocycles. The van der Waals surface area contributed by atoms with E-state index in [9.17, 15) is 0 Å². The van der Waals surface area contributed by atoms with E-state index in [2.05, 4.69) is 207 Å². The van der Waals surface area contributed by atoms with Crippen molar-refractivity contribution in [2.24, 2.45) is 15.9 Å². The first-order valence-electron chi connectivity index (χ1n) is 20.8. The average Bonchev–Trinajstić information content (AvgIpc) is 3.34. The normalized spacial score (nSPS) is 15.0. The summed E-state index contributed by atoms with van der Waals surface area (Å²) in [5, 5.41) is 2.45. The molecule has 0 bridgehead atoms. The number of aromatic nitrogens is 1. The van der Waals surface area contributed by atoms with Crippen molar-refractivity contribution in [2.75, 3.05) is 0 Å². The number of pyridine rings is 1. The monoisotopic (exact) mass is 769 g/mol. The third-order valence-electron chi connectivity index (χ3n) is 11.7. The molecular formula is C57H43N3. The molecule has 10 rings (SSSR count). The Morgan fingerprint density at radius 2 is 0.933 bits per heavy atom. The van der Waals surface area contributed by atoms with Crippen LogP contribution < -0.4 is 0 Å². The van der Waals surface area contributed by atoms with Crippen LogP contribution in [0.3, 0.4) is 0 Å². The van der Waals surface area contributed by atoms with Crippen molar-refractivity contribution in [2.45, 2.75) is 19.4 Å². The standard InChI is InChI=1S/C57H43N3/c1-2-49-55(45-22-11-5-12-23-45)59-57(47-24-13-6-14-25-47)60-56(49)46-33-29-41(30-34-46)51-36-35-40-17-15-16-26-50(40)54(51)44-31-27-39(28-32-44)48-37-52(42-18-7-3-8-19-42)58-53(38-48)43-20-9-4-10-21-43/h3-38,49,56H,2H2,1H3. The largest absolute Gasteiger partial charge is 0.257 e. The average molecular weight is 770 g/mol. The minimum atomic E-state index is -0.0615. The summed E-state index contributed by atoms with van der Waals surface area (Å²) in [5.74, 6) is 0.932. The Balaban J connectivity index is 1.03. The van der Waals surface area contributed by atoms with E-state index in [1.54, 1.807) is 0 Å². The molecule has 286 valence electrons. The third-order valence-corrected chi connectivity index (χ3v) is 11.7. The van der Waals surface area contributed by atoms with E-state index >= 15 is 0 Å². The summed E-state index contributed by atoms with van der Waals surface area (Å²) < 4.78 is 0. The van der Waals surface area contributed by atoms with Gasteiger partial charge < -0.3 is 0 Å². The Morgan fingerprint density at radius 3 is 1.53 bits per heavy atom. The van der Waals surface area contributed by atoms with Gasteiger partial charge in [-0.3, -0.25) is 4.99 Å². The molecule has 0 spiro atoms. The molecule has 1 aliphatic rings. The molecule has 60 heavy (non-hydrogen) atoms. The van der Waals surface area contributed by atoms with E-state index in [4.69, 9.17) is 15.0 Å². The summed E-state index contributed by atoms with van der Waals surface area (Å²) >= 11 is 0. The van der Waals surface area contributed by atoms with Gasteiger partial charge in [0.1, 0.15) is 0 Å². The van der Waals surface area contributed by atoms with E-state index in [1.165, 1.54) is 38.6 Å². The molecule has 0 saturated carbocycles. The van der Waals surface area contributed by atoms with Crippen LogP contribution in [0.5, 0.6) is 0 Å². The molecule has 1 aliphatic heterocycles. The van der Waals surface area contributed by atoms with Crippen molar-refractivity contribution in [3.05, 3.63) is 235 Å². The van der Waals surface area contributed by atoms with Gasteiger partial charge in [-0.25, -0.2) is 9.98 Å². The molecule has 0 aliphatic carbocycles. The zero-order valence-corrected chi connectivity index (χ0v) is 33.5. The summed E-state index contributed by atoms with van der Waals surface area (Å²) in [6, 6.07) is 77.6. The number of aliphatic imine (C=N–C) groups is 2. The van der Waals surface area contributed by atoms with Crippen LogP contribution in [0.15, 0.2) is 228 Å². The topological polar surface area (TPSA) is 37.6 Å². The van der Waals surface area contributed by atoms with Gasteiger partial charge in [-0.2, -0.15) is 0 Å². The Hall–Kier alpha value is -7.49. The minimum absolute atomic E-state index is 0.0615. The first-order chi connectivity index (χ1) is 29.7. The highest BCUT2D eigenvalue weighted by molar-refractivity contribution is 6.15. The van der Waals surface area contributed by atoms with Crippen LogP contribution >= 0.6 is 0 Å². The Bertz CT molecular complexity index is 2910. The lowest BCUT2D eigenvalue weighted by atomic mass is 9.82. The fourth-order valence-corrected chi connectivity index (χ4v) is 8.66. The van der Waals surface area contributed by atoms with Crippen LogP contribution in [0.2, 0.25) is 0 Å². The van der Waals surface area contributed by atoms with Gasteiger partial charge in [-0.1, -0.05) is 213 Å². The van der Waals surface area contributed by atoms with Crippen molar-refractivity contribution in [1.29, 1.82) is 0 Å². The van der Waals surface area contributed by atoms with E-state index in [-0.39, 0.29) is 12.0 Å². The molecule has 2 heterocycles. The van der Waals surface area contributed by atoms with Crippen molar-refractivity contribution in [3.8, 4) is 55.9 Å². The smallest absolute Gasteiger partial charge is 0.155 e. The SMILES string of the molecule is CCC1C(c2ccccc2)=NC(c2ccccc2)=NC1c1ccc(-c2ccc3ccccc3c2-c2ccc(-c3cc(-c4ccccc4)nc(-c4ccccc4)c3)cc2)cc1. The third kappa shape index (κ3) is 7.27. The van der Waals surface area contributed by atoms with E-state index in [1.807, 2.05) is 18.2 Å². The maximum Gasteiger partial charge on any atom is 0.155 e. The fraction of sp³-hybridized carbons (Fsp3) is 0.0702. The number of rotatable bonds is 9. The fourth-order valence-electron chi connectivity index (χ4n) is 8.66. The lowest BCUT2D eigenvalue weighted by Crippen LogP contribution is -2.28. The van der Waals surface area contributed by atoms with Gasteiger partial charge in [0.2, 0.25) is 0 Å². The number of hydrogen-bond donors (Lipinski definition) is 0. The van der Waals surface area contributed by atoms with Crippen molar-refractivity contribution < 1.29 is 0 Å². The molecule has 3 heteroatoms. The van der Waals surface area contributed by atoms with Crippen molar-refractivity contribution >= 4 is 22.3 Å². The Kier molecular flexibility index (Phi) is 10.1. The minimum Gasteiger partial charge on any atom is -0.257 e. The number of nitrogens with zero attached hydrogens (tertiary/aromatic N) is 3. The van der Waals surface area contributed by atoms with E-state index < -0.39 is 0 Å². The lowest BCUT2D eigenvalue weighted by molar-refractivity contribution is 0.532. The Labute approximate surface area is 352 Å². The molecule has 3 nitrogen and oxygen atoms in total. The second kappa shape index (κ2) is 16.4. The zero-order chi connectivity index (χ0) is 40.3. The van der Waals surface area contributed by atoms with Crippen LogP contribution in [0, 0.1) is 5.92 Å². The summed E-state index contributed by atoms with van der Waals surface area (Å²) in [6.45, 7) is 2.25. The quantitative estimate of drug-likeness (QED) is 0.144. The van der Waals surface area contributed by atoms with Crippen LogP contribution in [-0.2, 0) is 0 Å². The van der Waals surface area contributed by atoms with Gasteiger partial charge in [-0.15, -0.1) is 0 Å². The second-order valence-corrected chi connectivity index (χ2v) is 15.4. The van der Waals surface area contributed by atoms with Crippen molar-refractivity contribution in [1.82, 2.24) is 4.98 Å². The number of fused-ring (bicyclic) bond motifs is 1. The molecular weight excluding hydrogens is 727 g/mol. The van der Waals surface area contributed by atoms with Gasteiger partial charge in [-0.05, 0) is 73.8 Å². The van der Waals surface area contributed by atoms with Gasteiger partial charge in [0.15, 0.2) is 5.84 Å². The predicted molar refractivity (Wildman–Crippen MR) is 251 cm³/mol. The highest BCUT2D eigenvalue weighted by Crippen LogP contribution is 2.41. The van der Waals surface area contributed by atoms with Gasteiger partial charge in [0.05, 0.1) is 23.1 Å². The maximum absolute atomic E-state index is 5.36. The van der Waals surface area contributed by atoms with Gasteiger partial charge in [0, 0.05) is 22.6 Å². The summed E-state index contributed by atoms with van der Waals surface area (Å²) in [7, 11) is 0. The molecule has 0 amide bonds.